The van der Waals surface area contributed by atoms with Gasteiger partial charge in [-0.05, 0) is 72.8 Å². The Morgan fingerprint density at radius 3 is 2.44 bits per heavy atom. The number of ketones is 1. The smallest absolute Gasteiger partial charge is 0.300 e. The third-order valence-electron chi connectivity index (χ3n) is 5.35. The van der Waals surface area contributed by atoms with Crippen LogP contribution in [0, 0.1) is 19.7 Å². The fourth-order valence-corrected chi connectivity index (χ4v) is 5.25. The first-order valence-electron chi connectivity index (χ1n) is 9.69. The minimum Gasteiger partial charge on any atom is -0.507 e. The number of carbonyl (C=O) groups is 2. The van der Waals surface area contributed by atoms with Gasteiger partial charge in [0.05, 0.1) is 23.3 Å². The van der Waals surface area contributed by atoms with Crippen molar-refractivity contribution in [2.45, 2.75) is 19.9 Å². The molecule has 0 spiro atoms. The fraction of sp³-hybridized carbons (Fsp3) is 0.167. The van der Waals surface area contributed by atoms with Crippen LogP contribution in [-0.2, 0) is 9.59 Å². The van der Waals surface area contributed by atoms with E-state index < -0.39 is 23.5 Å². The molecule has 32 heavy (non-hydrogen) atoms. The van der Waals surface area contributed by atoms with E-state index in [1.54, 1.807) is 19.1 Å². The van der Waals surface area contributed by atoms with Crippen molar-refractivity contribution >= 4 is 46.1 Å². The number of aliphatic hydroxyl groups excluding tert-OH is 1. The molecule has 0 bridgehead atoms. The van der Waals surface area contributed by atoms with Gasteiger partial charge in [-0.1, -0.05) is 11.6 Å². The number of benzene rings is 2. The molecule has 1 fully saturated rings. The second-order valence-electron chi connectivity index (χ2n) is 7.44. The van der Waals surface area contributed by atoms with Crippen molar-refractivity contribution in [3.63, 3.8) is 0 Å². The van der Waals surface area contributed by atoms with E-state index in [0.717, 1.165) is 11.1 Å². The molecular weight excluding hydrogens is 453 g/mol. The number of ether oxygens (including phenoxy) is 1. The summed E-state index contributed by atoms with van der Waals surface area (Å²) in [7, 11) is 1.41. The summed E-state index contributed by atoms with van der Waals surface area (Å²) in [5, 5.41) is 13.4. The lowest BCUT2D eigenvalue weighted by Gasteiger charge is -2.25. The number of thiophene rings is 1. The summed E-state index contributed by atoms with van der Waals surface area (Å²) in [6.45, 7) is 3.65. The number of methoxy groups -OCH3 is 1. The van der Waals surface area contributed by atoms with Crippen LogP contribution >= 0.6 is 22.9 Å². The highest BCUT2D eigenvalue weighted by Crippen LogP contribution is 2.46. The molecule has 2 aromatic carbocycles. The molecule has 1 N–H and O–H groups in total. The number of amides is 1. The second-order valence-corrected chi connectivity index (χ2v) is 8.80. The molecule has 1 aromatic heterocycles. The Kier molecular flexibility index (Phi) is 5.79. The van der Waals surface area contributed by atoms with Crippen LogP contribution in [0.1, 0.15) is 27.6 Å². The summed E-state index contributed by atoms with van der Waals surface area (Å²) in [6.07, 6.45) is 0. The Morgan fingerprint density at radius 1 is 1.16 bits per heavy atom. The minimum atomic E-state index is -0.885. The number of aliphatic hydroxyl groups is 1. The lowest BCUT2D eigenvalue weighted by atomic mass is 9.97. The zero-order chi connectivity index (χ0) is 23.2. The zero-order valence-corrected chi connectivity index (χ0v) is 19.1. The number of hydrogen-bond acceptors (Lipinski definition) is 5. The average molecular weight is 472 g/mol. The van der Waals surface area contributed by atoms with Gasteiger partial charge in [0.1, 0.15) is 23.4 Å². The third kappa shape index (κ3) is 3.57. The maximum atomic E-state index is 13.5. The zero-order valence-electron chi connectivity index (χ0n) is 17.5. The Balaban J connectivity index is 2.00. The Morgan fingerprint density at radius 2 is 1.84 bits per heavy atom. The van der Waals surface area contributed by atoms with Crippen LogP contribution < -0.4 is 9.64 Å². The number of nitrogens with zero attached hydrogens (tertiary/aromatic N) is 1. The lowest BCUT2D eigenvalue weighted by molar-refractivity contribution is -0.132. The molecule has 8 heteroatoms. The van der Waals surface area contributed by atoms with Gasteiger partial charge in [0.2, 0.25) is 0 Å². The van der Waals surface area contributed by atoms with Crippen LogP contribution in [0.2, 0.25) is 5.02 Å². The Labute approximate surface area is 193 Å². The highest BCUT2D eigenvalue weighted by Gasteiger charge is 2.48. The fourth-order valence-electron chi connectivity index (χ4n) is 3.87. The van der Waals surface area contributed by atoms with Gasteiger partial charge in [0.25, 0.3) is 11.7 Å². The summed E-state index contributed by atoms with van der Waals surface area (Å²) in [5.41, 5.74) is 2.08. The van der Waals surface area contributed by atoms with E-state index in [1.807, 2.05) is 18.4 Å². The second kappa shape index (κ2) is 8.41. The van der Waals surface area contributed by atoms with Crippen LogP contribution in [0.5, 0.6) is 5.75 Å². The molecule has 1 unspecified atom stereocenters. The highest BCUT2D eigenvalue weighted by atomic mass is 35.5. The van der Waals surface area contributed by atoms with E-state index in [2.05, 4.69) is 0 Å². The van der Waals surface area contributed by atoms with Crippen LogP contribution in [0.3, 0.4) is 0 Å². The van der Waals surface area contributed by atoms with Gasteiger partial charge in [0.15, 0.2) is 0 Å². The molecule has 3 aromatic rings. The molecule has 164 valence electrons. The number of anilines is 1. The van der Waals surface area contributed by atoms with Gasteiger partial charge in [-0.25, -0.2) is 4.39 Å². The summed E-state index contributed by atoms with van der Waals surface area (Å²) < 4.78 is 18.9. The molecule has 1 amide bonds. The van der Waals surface area contributed by atoms with Crippen molar-refractivity contribution in [2.24, 2.45) is 0 Å². The van der Waals surface area contributed by atoms with Crippen LogP contribution in [0.4, 0.5) is 10.1 Å². The van der Waals surface area contributed by atoms with E-state index in [0.29, 0.717) is 10.6 Å². The minimum absolute atomic E-state index is 0.0789. The van der Waals surface area contributed by atoms with Crippen LogP contribution in [0.25, 0.3) is 5.76 Å². The molecular formula is C24H19ClFNO4S. The first-order chi connectivity index (χ1) is 15.2. The van der Waals surface area contributed by atoms with E-state index in [9.17, 15) is 19.1 Å². The van der Waals surface area contributed by atoms with Gasteiger partial charge >= 0.3 is 0 Å². The van der Waals surface area contributed by atoms with E-state index in [4.69, 9.17) is 16.3 Å². The maximum Gasteiger partial charge on any atom is 0.300 e. The number of carbonyl (C=O) groups excluding carboxylic acids is 2. The molecule has 1 aliphatic rings. The Bertz CT molecular complexity index is 1270. The van der Waals surface area contributed by atoms with Crippen LogP contribution in [-0.4, -0.2) is 23.9 Å². The molecule has 0 aliphatic carbocycles. The predicted octanol–water partition coefficient (Wildman–Crippen LogP) is 5.79. The number of Topliss-reactive ketones (excluding diaryl/α,β-unsaturated/α-hetero) is 1. The first kappa shape index (κ1) is 22.0. The summed E-state index contributed by atoms with van der Waals surface area (Å²) >= 11 is 7.66. The van der Waals surface area contributed by atoms with Crippen molar-refractivity contribution < 1.29 is 23.8 Å². The Hall–Kier alpha value is -3.16. The summed E-state index contributed by atoms with van der Waals surface area (Å²) in [6, 6.07) is 9.60. The molecule has 5 nitrogen and oxygen atoms in total. The van der Waals surface area contributed by atoms with Gasteiger partial charge in [-0.2, -0.15) is 0 Å². The lowest BCUT2D eigenvalue weighted by Crippen LogP contribution is -2.29. The number of hydrogen-bond donors (Lipinski definition) is 1. The maximum absolute atomic E-state index is 13.5. The van der Waals surface area contributed by atoms with Crippen molar-refractivity contribution in [1.82, 2.24) is 0 Å². The highest BCUT2D eigenvalue weighted by molar-refractivity contribution is 7.10. The topological polar surface area (TPSA) is 66.8 Å². The summed E-state index contributed by atoms with van der Waals surface area (Å²) in [4.78, 5) is 28.3. The molecule has 4 rings (SSSR count). The van der Waals surface area contributed by atoms with Gasteiger partial charge < -0.3 is 9.84 Å². The molecule has 1 aliphatic heterocycles. The van der Waals surface area contributed by atoms with Gasteiger partial charge in [0, 0.05) is 10.6 Å². The molecule has 2 heterocycles. The van der Waals surface area contributed by atoms with Gasteiger partial charge in [-0.3, -0.25) is 14.5 Å². The predicted molar refractivity (Wildman–Crippen MR) is 123 cm³/mol. The number of rotatable bonds is 4. The van der Waals surface area contributed by atoms with Crippen LogP contribution in [0.15, 0.2) is 53.4 Å². The van der Waals surface area contributed by atoms with E-state index >= 15 is 0 Å². The average Bonchev–Trinajstić information content (AvgIpc) is 3.28. The monoisotopic (exact) mass is 471 g/mol. The SMILES string of the molecule is COc1c(Cl)cc(C)cc1/C(O)=C1\C(=O)C(=O)N(c2ccc(F)cc2)C1c1sccc1C. The van der Waals surface area contributed by atoms with Crippen molar-refractivity contribution in [3.8, 4) is 5.75 Å². The number of halogens is 2. The van der Waals surface area contributed by atoms with Crippen molar-refractivity contribution in [3.05, 3.63) is 85.8 Å². The standard InChI is InChI=1S/C24H19ClFNO4S/c1-12-10-16(22(31-3)17(25)11-12)20(28)18-19(23-13(2)8-9-32-23)27(24(30)21(18)29)15-6-4-14(26)5-7-15/h4-11,19,28H,1-3H3/b20-18+. The van der Waals surface area contributed by atoms with Crippen molar-refractivity contribution in [1.29, 1.82) is 0 Å². The van der Waals surface area contributed by atoms with E-state index in [1.165, 1.54) is 47.6 Å². The van der Waals surface area contributed by atoms with E-state index in [-0.39, 0.29) is 27.7 Å². The molecule has 0 saturated carbocycles. The number of aryl methyl sites for hydroxylation is 2. The van der Waals surface area contributed by atoms with Crippen molar-refractivity contribution in [2.75, 3.05) is 12.0 Å². The molecule has 0 radical (unpaired) electrons. The summed E-state index contributed by atoms with van der Waals surface area (Å²) in [5.74, 6) is -2.30. The quantitative estimate of drug-likeness (QED) is 0.297. The van der Waals surface area contributed by atoms with Gasteiger partial charge in [-0.15, -0.1) is 11.3 Å². The largest absolute Gasteiger partial charge is 0.507 e. The molecule has 1 atom stereocenters. The molecule has 1 saturated heterocycles. The first-order valence-corrected chi connectivity index (χ1v) is 11.0. The normalized spacial score (nSPS) is 17.8. The third-order valence-corrected chi connectivity index (χ3v) is 6.70.